The van der Waals surface area contributed by atoms with Gasteiger partial charge in [0.25, 0.3) is 0 Å². The smallest absolute Gasteiger partial charge is 0.231 e. The van der Waals surface area contributed by atoms with Crippen molar-refractivity contribution >= 4 is 22.0 Å². The third-order valence-electron chi connectivity index (χ3n) is 8.21. The van der Waals surface area contributed by atoms with E-state index < -0.39 is 0 Å². The van der Waals surface area contributed by atoms with Gasteiger partial charge in [0.15, 0.2) is 5.58 Å². The molecule has 0 unspecified atom stereocenters. The van der Waals surface area contributed by atoms with Crippen LogP contribution in [0.2, 0.25) is 0 Å². The number of oxazole rings is 1. The van der Waals surface area contributed by atoms with Crippen LogP contribution in [0.3, 0.4) is 0 Å². The Morgan fingerprint density at radius 2 is 1.42 bits per heavy atom. The van der Waals surface area contributed by atoms with Crippen molar-refractivity contribution in [3.63, 3.8) is 0 Å². The van der Waals surface area contributed by atoms with Crippen molar-refractivity contribution in [1.82, 2.24) is 15.0 Å². The first-order valence-corrected chi connectivity index (χ1v) is 14.9. The summed E-state index contributed by atoms with van der Waals surface area (Å²) in [4.78, 5) is 14.3. The summed E-state index contributed by atoms with van der Waals surface area (Å²) < 4.78 is 6.22. The molecule has 6 rings (SSSR count). The quantitative estimate of drug-likeness (QED) is 0.229. The SMILES string of the molecule is CC(C)c1cc(-c2cc(C(C)(C)C)cc3cccnc23)cc(-c2cncc3oc(-c4cc(C(C)(C)C)ccc4O)nc23)c1. The Hall–Kier alpha value is -4.51. The Bertz CT molecular complexity index is 1990. The summed E-state index contributed by atoms with van der Waals surface area (Å²) in [5, 5.41) is 11.9. The predicted octanol–water partition coefficient (Wildman–Crippen LogP) is 10.2. The minimum Gasteiger partial charge on any atom is -0.507 e. The van der Waals surface area contributed by atoms with Gasteiger partial charge in [0.2, 0.25) is 5.89 Å². The molecule has 218 valence electrons. The summed E-state index contributed by atoms with van der Waals surface area (Å²) in [7, 11) is 0. The molecular weight excluding hydrogens is 530 g/mol. The van der Waals surface area contributed by atoms with Crippen molar-refractivity contribution in [3.8, 4) is 39.5 Å². The third-order valence-corrected chi connectivity index (χ3v) is 8.21. The fraction of sp³-hybridized carbons (Fsp3) is 0.289. The molecule has 3 heterocycles. The summed E-state index contributed by atoms with van der Waals surface area (Å²) in [6.07, 6.45) is 5.41. The summed E-state index contributed by atoms with van der Waals surface area (Å²) >= 11 is 0. The maximum Gasteiger partial charge on any atom is 0.231 e. The van der Waals surface area contributed by atoms with E-state index >= 15 is 0 Å². The number of hydrogen-bond acceptors (Lipinski definition) is 5. The Kier molecular flexibility index (Phi) is 6.88. The molecule has 0 fully saturated rings. The molecule has 0 radical (unpaired) electrons. The molecule has 6 aromatic rings. The second kappa shape index (κ2) is 10.3. The summed E-state index contributed by atoms with van der Waals surface area (Å²) in [5.41, 5.74) is 10.4. The number of aromatic nitrogens is 3. The van der Waals surface area contributed by atoms with E-state index in [0.29, 0.717) is 28.5 Å². The topological polar surface area (TPSA) is 72.0 Å². The van der Waals surface area contributed by atoms with Gasteiger partial charge in [0, 0.05) is 28.9 Å². The lowest BCUT2D eigenvalue weighted by Gasteiger charge is -2.22. The largest absolute Gasteiger partial charge is 0.507 e. The minimum atomic E-state index is -0.0851. The Labute approximate surface area is 253 Å². The number of pyridine rings is 2. The van der Waals surface area contributed by atoms with E-state index in [1.165, 1.54) is 11.1 Å². The fourth-order valence-corrected chi connectivity index (χ4v) is 5.49. The first-order valence-electron chi connectivity index (χ1n) is 14.9. The number of phenolic OH excluding ortho intramolecular Hbond substituents is 1. The molecule has 0 aliphatic heterocycles. The molecule has 3 aromatic heterocycles. The molecule has 0 bridgehead atoms. The van der Waals surface area contributed by atoms with Crippen molar-refractivity contribution in [3.05, 3.63) is 95.9 Å². The molecule has 5 nitrogen and oxygen atoms in total. The van der Waals surface area contributed by atoms with Gasteiger partial charge in [-0.25, -0.2) is 4.98 Å². The number of phenols is 1. The van der Waals surface area contributed by atoms with E-state index in [4.69, 9.17) is 14.4 Å². The molecular formula is C38H39N3O2. The highest BCUT2D eigenvalue weighted by atomic mass is 16.3. The van der Waals surface area contributed by atoms with E-state index in [-0.39, 0.29) is 16.6 Å². The van der Waals surface area contributed by atoms with Crippen LogP contribution in [-0.2, 0) is 10.8 Å². The van der Waals surface area contributed by atoms with Crippen LogP contribution >= 0.6 is 0 Å². The maximum atomic E-state index is 10.8. The molecule has 1 N–H and O–H groups in total. The number of aromatic hydroxyl groups is 1. The van der Waals surface area contributed by atoms with E-state index in [1.54, 1.807) is 12.3 Å². The zero-order valence-electron chi connectivity index (χ0n) is 26.3. The van der Waals surface area contributed by atoms with E-state index in [0.717, 1.165) is 38.7 Å². The lowest BCUT2D eigenvalue weighted by Crippen LogP contribution is -2.11. The van der Waals surface area contributed by atoms with Crippen LogP contribution in [0, 0.1) is 0 Å². The molecule has 0 spiro atoms. The first kappa shape index (κ1) is 28.6. The second-order valence-electron chi connectivity index (χ2n) is 13.9. The molecule has 0 saturated heterocycles. The van der Waals surface area contributed by atoms with Crippen LogP contribution in [0.5, 0.6) is 5.75 Å². The van der Waals surface area contributed by atoms with Crippen LogP contribution in [-0.4, -0.2) is 20.1 Å². The lowest BCUT2D eigenvalue weighted by molar-refractivity contribution is 0.472. The molecule has 5 heteroatoms. The highest BCUT2D eigenvalue weighted by molar-refractivity contribution is 5.97. The maximum absolute atomic E-state index is 10.8. The molecule has 0 saturated carbocycles. The van der Waals surface area contributed by atoms with Crippen LogP contribution in [0.1, 0.15) is 78.0 Å². The highest BCUT2D eigenvalue weighted by Crippen LogP contribution is 2.40. The van der Waals surface area contributed by atoms with Gasteiger partial charge in [-0.2, -0.15) is 0 Å². The van der Waals surface area contributed by atoms with Crippen LogP contribution in [0.25, 0.3) is 55.7 Å². The van der Waals surface area contributed by atoms with Crippen molar-refractivity contribution in [2.24, 2.45) is 0 Å². The third kappa shape index (κ3) is 5.40. The van der Waals surface area contributed by atoms with Gasteiger partial charge in [-0.05, 0) is 81.0 Å². The highest BCUT2D eigenvalue weighted by Gasteiger charge is 2.22. The zero-order chi connectivity index (χ0) is 30.7. The number of benzene rings is 3. The van der Waals surface area contributed by atoms with Gasteiger partial charge in [0.05, 0.1) is 17.3 Å². The van der Waals surface area contributed by atoms with Gasteiger partial charge in [-0.1, -0.05) is 79.7 Å². The van der Waals surface area contributed by atoms with Crippen molar-refractivity contribution < 1.29 is 9.52 Å². The van der Waals surface area contributed by atoms with E-state index in [9.17, 15) is 5.11 Å². The van der Waals surface area contributed by atoms with Crippen LogP contribution < -0.4 is 0 Å². The Balaban J connectivity index is 1.56. The summed E-state index contributed by atoms with van der Waals surface area (Å²) in [6, 6.07) is 21.0. The van der Waals surface area contributed by atoms with Crippen molar-refractivity contribution in [2.45, 2.75) is 72.1 Å². The van der Waals surface area contributed by atoms with Gasteiger partial charge in [0.1, 0.15) is 11.3 Å². The predicted molar refractivity (Wildman–Crippen MR) is 177 cm³/mol. The molecule has 43 heavy (non-hydrogen) atoms. The minimum absolute atomic E-state index is 0.0141. The first-order chi connectivity index (χ1) is 20.3. The van der Waals surface area contributed by atoms with Crippen molar-refractivity contribution in [1.29, 1.82) is 0 Å². The molecule has 0 atom stereocenters. The van der Waals surface area contributed by atoms with E-state index in [2.05, 4.69) is 96.8 Å². The van der Waals surface area contributed by atoms with E-state index in [1.807, 2.05) is 30.6 Å². The van der Waals surface area contributed by atoms with Crippen LogP contribution in [0.4, 0.5) is 0 Å². The standard InChI is InChI=1S/C38H39N3O2/c1-22(2)24-14-25(29-19-28(38(6,7)8)17-23-10-9-13-40-34(23)29)16-26(15-24)31-20-39-21-33-35(31)41-36(43-33)30-18-27(37(3,4)5)11-12-32(30)42/h9-22,42H,1-8H3. The summed E-state index contributed by atoms with van der Waals surface area (Å²) in [5.74, 6) is 0.818. The average Bonchev–Trinajstić information content (AvgIpc) is 3.40. The van der Waals surface area contributed by atoms with Gasteiger partial charge < -0.3 is 9.52 Å². The second-order valence-corrected chi connectivity index (χ2v) is 13.9. The molecule has 0 aliphatic rings. The van der Waals surface area contributed by atoms with Crippen molar-refractivity contribution in [2.75, 3.05) is 0 Å². The molecule has 0 aliphatic carbocycles. The Morgan fingerprint density at radius 1 is 0.721 bits per heavy atom. The normalized spacial score (nSPS) is 12.5. The van der Waals surface area contributed by atoms with Gasteiger partial charge >= 0.3 is 0 Å². The molecule has 0 amide bonds. The zero-order valence-corrected chi connectivity index (χ0v) is 26.3. The Morgan fingerprint density at radius 3 is 2.12 bits per heavy atom. The number of fused-ring (bicyclic) bond motifs is 2. The average molecular weight is 570 g/mol. The summed E-state index contributed by atoms with van der Waals surface area (Å²) in [6.45, 7) is 17.6. The number of nitrogens with zero attached hydrogens (tertiary/aromatic N) is 3. The number of hydrogen-bond donors (Lipinski definition) is 1. The monoisotopic (exact) mass is 569 g/mol. The van der Waals surface area contributed by atoms with Gasteiger partial charge in [-0.3, -0.25) is 9.97 Å². The lowest BCUT2D eigenvalue weighted by atomic mass is 9.83. The fourth-order valence-electron chi connectivity index (χ4n) is 5.49. The number of rotatable bonds is 4. The molecule has 3 aromatic carbocycles. The van der Waals surface area contributed by atoms with Gasteiger partial charge in [-0.15, -0.1) is 0 Å². The van der Waals surface area contributed by atoms with Crippen LogP contribution in [0.15, 0.2) is 83.7 Å².